The average molecular weight is 80.1 g/mol. The van der Waals surface area contributed by atoms with Crippen LogP contribution in [0.1, 0.15) is 0 Å². The van der Waals surface area contributed by atoms with Crippen molar-refractivity contribution in [3.63, 3.8) is 0 Å². The molecule has 0 rings (SSSR count). The Morgan fingerprint density at radius 2 is 1.50 bits per heavy atom. The quantitative estimate of drug-likeness (QED) is 0.359. The molecule has 4 heteroatoms. The summed E-state index contributed by atoms with van der Waals surface area (Å²) < 4.78 is 21.6. The second-order valence-corrected chi connectivity index (χ2v) is 0.781. The standard InChI is InChI=1S/HNO2S/c1-4(2)3/h1H/p+1. The molecule has 0 aliphatic heterocycles. The molecule has 24 valence electrons. The maximum absolute atomic E-state index is 8.78. The van der Waals surface area contributed by atoms with Gasteiger partial charge in [0.25, 0.3) is 0 Å². The highest BCUT2D eigenvalue weighted by atomic mass is 32.2. The second kappa shape index (κ2) is 1.00. The van der Waals surface area contributed by atoms with E-state index in [-0.39, 0.29) is 0 Å². The first kappa shape index (κ1) is 3.62. The third kappa shape index (κ3) is 4.31. The van der Waals surface area contributed by atoms with Gasteiger partial charge in [0.1, 0.15) is 0 Å². The molecule has 0 amide bonds. The van der Waals surface area contributed by atoms with Gasteiger partial charge in [-0.15, -0.1) is 13.2 Å². The minimum Gasteiger partial charge on any atom is -0.145 e. The molecule has 2 N–H and O–H groups in total. The van der Waals surface area contributed by atoms with Crippen LogP contribution in [0.15, 0.2) is 0 Å². The van der Waals surface area contributed by atoms with Crippen molar-refractivity contribution < 1.29 is 13.2 Å². The summed E-state index contributed by atoms with van der Waals surface area (Å²) in [7, 11) is -2.36. The fourth-order valence-electron chi connectivity index (χ4n) is 0. The van der Waals surface area contributed by atoms with E-state index in [0.717, 1.165) is 0 Å². The first-order chi connectivity index (χ1) is 1.73. The summed E-state index contributed by atoms with van der Waals surface area (Å²) in [5.41, 5.74) is 0. The molecule has 0 aromatic rings. The van der Waals surface area contributed by atoms with Crippen LogP contribution in [-0.2, 0) is 10.5 Å². The highest BCUT2D eigenvalue weighted by Crippen LogP contribution is 0.950. The van der Waals surface area contributed by atoms with E-state index < -0.39 is 10.5 Å². The highest BCUT2D eigenvalue weighted by molar-refractivity contribution is 7.58. The van der Waals surface area contributed by atoms with Gasteiger partial charge in [0.15, 0.2) is 0 Å². The summed E-state index contributed by atoms with van der Waals surface area (Å²) in [5.74, 6) is 0. The molecule has 0 saturated carbocycles. The first-order valence-electron chi connectivity index (χ1n) is 0.569. The largest absolute Gasteiger partial charge is 0.455 e. The average Bonchev–Trinajstić information content (AvgIpc) is 0.811. The number of hydrogen-bond acceptors (Lipinski definition) is 2. The van der Waals surface area contributed by atoms with E-state index in [4.69, 9.17) is 8.42 Å². The molecule has 0 spiro atoms. The molecule has 0 saturated heterocycles. The van der Waals surface area contributed by atoms with Crippen LogP contribution >= 0.6 is 0 Å². The van der Waals surface area contributed by atoms with Gasteiger partial charge in [-0.05, 0) is 0 Å². The van der Waals surface area contributed by atoms with Crippen LogP contribution in [0.4, 0.5) is 0 Å². The molecule has 0 aromatic heterocycles. The topological polar surface area (TPSA) is 59.7 Å². The van der Waals surface area contributed by atoms with E-state index in [1.807, 2.05) is 0 Å². The molecular formula is H2NO2S+. The smallest absolute Gasteiger partial charge is 0.145 e. The van der Waals surface area contributed by atoms with Gasteiger partial charge in [-0.3, -0.25) is 0 Å². The molecule has 0 bridgehead atoms. The van der Waals surface area contributed by atoms with Gasteiger partial charge in [0, 0.05) is 0 Å². The molecule has 0 atom stereocenters. The lowest BCUT2D eigenvalue weighted by Gasteiger charge is -1.10. The molecule has 0 aliphatic rings. The highest BCUT2D eigenvalue weighted by Gasteiger charge is 1.42. The van der Waals surface area contributed by atoms with E-state index >= 15 is 0 Å². The Bertz CT molecular complexity index is 75.4. The van der Waals surface area contributed by atoms with Crippen molar-refractivity contribution in [1.82, 2.24) is 0 Å². The molecule has 0 heterocycles. The van der Waals surface area contributed by atoms with E-state index in [2.05, 4.69) is 4.78 Å². The van der Waals surface area contributed by atoms with Gasteiger partial charge < -0.3 is 0 Å². The molecule has 0 fully saturated rings. The molecule has 0 aromatic carbocycles. The van der Waals surface area contributed by atoms with Crippen molar-refractivity contribution in [3.8, 4) is 0 Å². The van der Waals surface area contributed by atoms with Crippen molar-refractivity contribution in [1.29, 1.82) is 0 Å². The Kier molecular flexibility index (Phi) is 0.907. The van der Waals surface area contributed by atoms with Crippen LogP contribution in [0.25, 0.3) is 0 Å². The van der Waals surface area contributed by atoms with Crippen molar-refractivity contribution in [2.75, 3.05) is 0 Å². The zero-order valence-electron chi connectivity index (χ0n) is 1.80. The summed E-state index contributed by atoms with van der Waals surface area (Å²) in [6.45, 7) is 0. The monoisotopic (exact) mass is 80.0 g/mol. The maximum atomic E-state index is 8.78. The summed E-state index contributed by atoms with van der Waals surface area (Å²) in [5, 5.41) is 0. The Morgan fingerprint density at radius 1 is 1.50 bits per heavy atom. The van der Waals surface area contributed by atoms with Gasteiger partial charge in [-0.25, -0.2) is 0 Å². The van der Waals surface area contributed by atoms with E-state index in [1.165, 1.54) is 0 Å². The third-order valence-electron chi connectivity index (χ3n) is 0. The Morgan fingerprint density at radius 3 is 1.50 bits per heavy atom. The molecule has 0 radical (unpaired) electrons. The van der Waals surface area contributed by atoms with Crippen LogP contribution in [-0.4, -0.2) is 8.42 Å². The molecule has 4 heavy (non-hydrogen) atoms. The van der Waals surface area contributed by atoms with Crippen molar-refractivity contribution in [2.45, 2.75) is 0 Å². The van der Waals surface area contributed by atoms with Gasteiger partial charge in [-0.2, -0.15) is 0 Å². The summed E-state index contributed by atoms with van der Waals surface area (Å²) in [4.78, 5) is 0. The Balaban J connectivity index is 4.65. The molecular weight excluding hydrogens is 78.1 g/mol. The van der Waals surface area contributed by atoms with Gasteiger partial charge >= 0.3 is 10.5 Å². The van der Waals surface area contributed by atoms with E-state index in [9.17, 15) is 0 Å². The lowest BCUT2D eigenvalue weighted by Crippen LogP contribution is -2.24. The van der Waals surface area contributed by atoms with Crippen LogP contribution in [0, 0.1) is 0 Å². The zero-order chi connectivity index (χ0) is 3.58. The third-order valence-corrected chi connectivity index (χ3v) is 0. The Hall–Kier alpha value is -0.380. The van der Waals surface area contributed by atoms with Crippen LogP contribution in [0.5, 0.6) is 0 Å². The van der Waals surface area contributed by atoms with Gasteiger partial charge in [0.2, 0.25) is 0 Å². The van der Waals surface area contributed by atoms with Crippen LogP contribution in [0.2, 0.25) is 0 Å². The number of hydrogen-bond donors (Lipinski definition) is 1. The predicted molar refractivity (Wildman–Crippen MR) is 10.8 cm³/mol. The van der Waals surface area contributed by atoms with Crippen LogP contribution in [0.3, 0.4) is 0 Å². The minimum atomic E-state index is -2.36. The van der Waals surface area contributed by atoms with Crippen molar-refractivity contribution in [3.05, 3.63) is 0 Å². The minimum absolute atomic E-state index is 2.36. The van der Waals surface area contributed by atoms with Crippen molar-refractivity contribution in [2.24, 2.45) is 0 Å². The summed E-state index contributed by atoms with van der Waals surface area (Å²) in [6.07, 6.45) is 0. The van der Waals surface area contributed by atoms with Crippen LogP contribution < -0.4 is 4.78 Å². The lowest BCUT2D eigenvalue weighted by molar-refractivity contribution is -0.0793. The first-order valence-corrected chi connectivity index (χ1v) is 1.71. The fraction of sp³-hybridized carbons (Fsp3) is 0. The summed E-state index contributed by atoms with van der Waals surface area (Å²) >= 11 is 0. The van der Waals surface area contributed by atoms with Crippen molar-refractivity contribution >= 4 is 10.5 Å². The summed E-state index contributed by atoms with van der Waals surface area (Å²) in [6, 6.07) is 0. The van der Waals surface area contributed by atoms with Gasteiger partial charge in [0.05, 0.1) is 0 Å². The predicted octanol–water partition coefficient (Wildman–Crippen LogP) is -2.19. The van der Waals surface area contributed by atoms with E-state index in [0.29, 0.717) is 0 Å². The molecule has 0 aliphatic carbocycles. The lowest BCUT2D eigenvalue weighted by atomic mass is 14.0. The second-order valence-electron chi connectivity index (χ2n) is 0.260. The maximum Gasteiger partial charge on any atom is 0.455 e. The van der Waals surface area contributed by atoms with E-state index in [1.54, 1.807) is 0 Å². The zero-order valence-corrected chi connectivity index (χ0v) is 2.62. The Labute approximate surface area is 24.8 Å². The number of nitrogens with two attached hydrogens (primary N) is 1. The van der Waals surface area contributed by atoms with Gasteiger partial charge in [-0.1, -0.05) is 0 Å². The molecule has 0 unspecified atom stereocenters. The number of rotatable bonds is 0. The normalized spacial score (nSPS) is 6.00. The molecule has 3 nitrogen and oxygen atoms in total. The fourth-order valence-corrected chi connectivity index (χ4v) is 0. The SMILES string of the molecule is [NH2+]=S(=O)=O.